The summed E-state index contributed by atoms with van der Waals surface area (Å²) >= 11 is 1.53. The lowest BCUT2D eigenvalue weighted by Crippen LogP contribution is -2.51. The van der Waals surface area contributed by atoms with Gasteiger partial charge in [0.2, 0.25) is 11.8 Å². The molecule has 0 heterocycles. The van der Waals surface area contributed by atoms with Crippen molar-refractivity contribution in [3.63, 3.8) is 0 Å². The number of hydrogen-bond acceptors (Lipinski definition) is 5. The molecule has 2 amide bonds. The standard InChI is InChI=1S/C13H25N5O4S/c1-8(19)17-9(5-7-23-2)11(20)18-10(12(21)22)4-3-6-16-13(14)15/h9-10H,3-7H2,1-2H3,(H,17,19)(H,18,20)(H,21,22)(H4,14,15,16)/t9-,10-/m0/s1. The largest absolute Gasteiger partial charge is 0.480 e. The number of amides is 2. The molecular formula is C13H25N5O4S. The number of hydrogen-bond donors (Lipinski definition) is 6. The smallest absolute Gasteiger partial charge is 0.326 e. The highest BCUT2D eigenvalue weighted by atomic mass is 32.2. The number of aliphatic carboxylic acids is 1. The maximum atomic E-state index is 12.2. The molecule has 0 aromatic heterocycles. The fourth-order valence-electron chi connectivity index (χ4n) is 1.81. The lowest BCUT2D eigenvalue weighted by Gasteiger charge is -2.21. The summed E-state index contributed by atoms with van der Waals surface area (Å²) in [5.74, 6) is -1.53. The molecule has 132 valence electrons. The Kier molecular flexibility index (Phi) is 10.6. The summed E-state index contributed by atoms with van der Waals surface area (Å²) in [4.78, 5) is 34.6. The van der Waals surface area contributed by atoms with Crippen molar-refractivity contribution >= 4 is 35.5 Å². The molecule has 9 nitrogen and oxygen atoms in total. The average Bonchev–Trinajstić information content (AvgIpc) is 2.45. The van der Waals surface area contributed by atoms with E-state index < -0.39 is 24.0 Å². The van der Waals surface area contributed by atoms with E-state index in [1.54, 1.807) is 0 Å². The van der Waals surface area contributed by atoms with Gasteiger partial charge in [-0.3, -0.25) is 15.0 Å². The van der Waals surface area contributed by atoms with Crippen LogP contribution >= 0.6 is 11.8 Å². The predicted molar refractivity (Wildman–Crippen MR) is 89.3 cm³/mol. The summed E-state index contributed by atoms with van der Waals surface area (Å²) in [6.45, 7) is 1.65. The quantitative estimate of drug-likeness (QED) is 0.160. The van der Waals surface area contributed by atoms with Crippen molar-refractivity contribution in [1.29, 1.82) is 5.41 Å². The molecule has 0 fully saturated rings. The SMILES string of the molecule is CSCC[C@H](NC(C)=O)C(=O)N[C@@H](CCCNC(=N)N)C(=O)O. The number of rotatable bonds is 11. The molecule has 23 heavy (non-hydrogen) atoms. The van der Waals surface area contributed by atoms with Gasteiger partial charge in [-0.05, 0) is 31.3 Å². The summed E-state index contributed by atoms with van der Waals surface area (Å²) in [5.41, 5.74) is 5.13. The highest BCUT2D eigenvalue weighted by Gasteiger charge is 2.25. The Morgan fingerprint density at radius 2 is 1.87 bits per heavy atom. The summed E-state index contributed by atoms with van der Waals surface area (Å²) in [7, 11) is 0. The molecule has 0 saturated carbocycles. The van der Waals surface area contributed by atoms with Gasteiger partial charge in [-0.2, -0.15) is 11.8 Å². The Balaban J connectivity index is 4.55. The van der Waals surface area contributed by atoms with Crippen LogP contribution in [0.4, 0.5) is 0 Å². The molecule has 2 atom stereocenters. The normalized spacial score (nSPS) is 12.8. The van der Waals surface area contributed by atoms with E-state index in [0.29, 0.717) is 25.1 Å². The first-order chi connectivity index (χ1) is 10.8. The van der Waals surface area contributed by atoms with Crippen molar-refractivity contribution in [1.82, 2.24) is 16.0 Å². The number of carboxylic acids is 1. The first-order valence-corrected chi connectivity index (χ1v) is 8.54. The van der Waals surface area contributed by atoms with Crippen LogP contribution in [0.1, 0.15) is 26.2 Å². The number of nitrogens with two attached hydrogens (primary N) is 1. The molecule has 0 aliphatic heterocycles. The zero-order valence-electron chi connectivity index (χ0n) is 13.3. The second kappa shape index (κ2) is 11.6. The van der Waals surface area contributed by atoms with Gasteiger partial charge in [0, 0.05) is 13.5 Å². The van der Waals surface area contributed by atoms with Crippen LogP contribution < -0.4 is 21.7 Å². The van der Waals surface area contributed by atoms with Crippen LogP contribution in [0.15, 0.2) is 0 Å². The van der Waals surface area contributed by atoms with Crippen molar-refractivity contribution in [2.45, 2.75) is 38.3 Å². The van der Waals surface area contributed by atoms with E-state index in [1.165, 1.54) is 18.7 Å². The molecule has 0 aromatic carbocycles. The molecule has 0 bridgehead atoms. The minimum Gasteiger partial charge on any atom is -0.480 e. The summed E-state index contributed by atoms with van der Waals surface area (Å²) in [6.07, 6.45) is 2.92. The minimum absolute atomic E-state index is 0.191. The van der Waals surface area contributed by atoms with Gasteiger partial charge in [-0.1, -0.05) is 0 Å². The fourth-order valence-corrected chi connectivity index (χ4v) is 2.28. The van der Waals surface area contributed by atoms with E-state index in [1.807, 2.05) is 6.26 Å². The van der Waals surface area contributed by atoms with Crippen molar-refractivity contribution in [3.05, 3.63) is 0 Å². The number of carbonyl (C=O) groups is 3. The van der Waals surface area contributed by atoms with Crippen molar-refractivity contribution in [2.75, 3.05) is 18.6 Å². The second-order valence-corrected chi connectivity index (χ2v) is 5.90. The van der Waals surface area contributed by atoms with Gasteiger partial charge in [0.05, 0.1) is 0 Å². The monoisotopic (exact) mass is 347 g/mol. The summed E-state index contributed by atoms with van der Waals surface area (Å²) in [5, 5.41) is 23.7. The Labute approximate surface area is 139 Å². The molecule has 0 spiro atoms. The lowest BCUT2D eigenvalue weighted by molar-refractivity contribution is -0.142. The Morgan fingerprint density at radius 1 is 1.22 bits per heavy atom. The van der Waals surface area contributed by atoms with Crippen LogP contribution in [0, 0.1) is 5.41 Å². The molecule has 0 unspecified atom stereocenters. The lowest BCUT2D eigenvalue weighted by atomic mass is 10.1. The Hall–Kier alpha value is -1.97. The van der Waals surface area contributed by atoms with Gasteiger partial charge in [-0.25, -0.2) is 4.79 Å². The summed E-state index contributed by atoms with van der Waals surface area (Å²) < 4.78 is 0. The highest BCUT2D eigenvalue weighted by Crippen LogP contribution is 2.04. The topological polar surface area (TPSA) is 157 Å². The third-order valence-electron chi connectivity index (χ3n) is 2.90. The zero-order valence-corrected chi connectivity index (χ0v) is 14.2. The van der Waals surface area contributed by atoms with E-state index in [4.69, 9.17) is 11.1 Å². The van der Waals surface area contributed by atoms with E-state index in [2.05, 4.69) is 16.0 Å². The molecule has 7 N–H and O–H groups in total. The third-order valence-corrected chi connectivity index (χ3v) is 3.55. The van der Waals surface area contributed by atoms with Gasteiger partial charge in [0.25, 0.3) is 0 Å². The van der Waals surface area contributed by atoms with Crippen LogP contribution in [0.3, 0.4) is 0 Å². The van der Waals surface area contributed by atoms with Crippen LogP contribution in [-0.2, 0) is 14.4 Å². The van der Waals surface area contributed by atoms with Crippen LogP contribution in [0.5, 0.6) is 0 Å². The van der Waals surface area contributed by atoms with Crippen LogP contribution in [-0.4, -0.2) is 59.5 Å². The van der Waals surface area contributed by atoms with Gasteiger partial charge >= 0.3 is 5.97 Å². The zero-order chi connectivity index (χ0) is 17.8. The number of carboxylic acid groups (broad SMARTS) is 1. The van der Waals surface area contributed by atoms with E-state index in [0.717, 1.165) is 0 Å². The predicted octanol–water partition coefficient (Wildman–Crippen LogP) is -0.923. The molecule has 0 rings (SSSR count). The van der Waals surface area contributed by atoms with Crippen LogP contribution in [0.2, 0.25) is 0 Å². The molecular weight excluding hydrogens is 322 g/mol. The van der Waals surface area contributed by atoms with Gasteiger partial charge in [-0.15, -0.1) is 0 Å². The number of thioether (sulfide) groups is 1. The van der Waals surface area contributed by atoms with Gasteiger partial charge in [0.15, 0.2) is 5.96 Å². The van der Waals surface area contributed by atoms with Crippen molar-refractivity contribution in [2.24, 2.45) is 5.73 Å². The van der Waals surface area contributed by atoms with E-state index >= 15 is 0 Å². The minimum atomic E-state index is -1.15. The second-order valence-electron chi connectivity index (χ2n) is 4.92. The maximum Gasteiger partial charge on any atom is 0.326 e. The molecule has 0 aromatic rings. The molecule has 0 radical (unpaired) electrons. The van der Waals surface area contributed by atoms with E-state index in [-0.39, 0.29) is 18.3 Å². The van der Waals surface area contributed by atoms with Gasteiger partial charge < -0.3 is 26.8 Å². The molecule has 0 aliphatic rings. The van der Waals surface area contributed by atoms with Crippen molar-refractivity contribution in [3.8, 4) is 0 Å². The molecule has 0 aliphatic carbocycles. The van der Waals surface area contributed by atoms with Crippen LogP contribution in [0.25, 0.3) is 0 Å². The Morgan fingerprint density at radius 3 is 2.35 bits per heavy atom. The number of carbonyl (C=O) groups excluding carboxylic acids is 2. The van der Waals surface area contributed by atoms with Gasteiger partial charge in [0.1, 0.15) is 12.1 Å². The third kappa shape index (κ3) is 10.4. The maximum absolute atomic E-state index is 12.2. The highest BCUT2D eigenvalue weighted by molar-refractivity contribution is 7.98. The first kappa shape index (κ1) is 21.0. The number of nitrogens with one attached hydrogen (secondary N) is 4. The molecule has 10 heteroatoms. The summed E-state index contributed by atoms with van der Waals surface area (Å²) in [6, 6.07) is -1.81. The average molecular weight is 347 g/mol. The number of guanidine groups is 1. The fraction of sp³-hybridized carbons (Fsp3) is 0.692. The van der Waals surface area contributed by atoms with Crippen molar-refractivity contribution < 1.29 is 19.5 Å². The molecule has 0 saturated heterocycles. The van der Waals surface area contributed by atoms with E-state index in [9.17, 15) is 19.5 Å². The Bertz CT molecular complexity index is 433. The first-order valence-electron chi connectivity index (χ1n) is 7.15.